The van der Waals surface area contributed by atoms with Crippen LogP contribution in [-0.2, 0) is 19.2 Å². The molecule has 0 unspecified atom stereocenters. The van der Waals surface area contributed by atoms with Gasteiger partial charge in [-0.1, -0.05) is 23.8 Å². The summed E-state index contributed by atoms with van der Waals surface area (Å²) in [7, 11) is 0. The van der Waals surface area contributed by atoms with Crippen molar-refractivity contribution in [3.63, 3.8) is 0 Å². The number of carbonyl (C=O) groups excluding carboxylic acids is 5. The van der Waals surface area contributed by atoms with Crippen LogP contribution < -0.4 is 4.90 Å². The lowest BCUT2D eigenvalue weighted by atomic mass is 9.59. The Morgan fingerprint density at radius 3 is 2.29 bits per heavy atom. The number of benzene rings is 2. The van der Waals surface area contributed by atoms with Gasteiger partial charge in [-0.2, -0.15) is 0 Å². The van der Waals surface area contributed by atoms with Gasteiger partial charge in [0.2, 0.25) is 11.8 Å². The van der Waals surface area contributed by atoms with Gasteiger partial charge < -0.3 is 5.11 Å². The first kappa shape index (κ1) is 24.4. The molecule has 0 radical (unpaired) electrons. The van der Waals surface area contributed by atoms with Crippen LogP contribution in [-0.4, -0.2) is 34.3 Å². The van der Waals surface area contributed by atoms with Gasteiger partial charge in [0, 0.05) is 28.7 Å². The highest BCUT2D eigenvalue weighted by atomic mass is 79.9. The fraction of sp³-hybridized carbons (Fsp3) is 0.233. The van der Waals surface area contributed by atoms with Crippen LogP contribution in [0.2, 0.25) is 0 Å². The van der Waals surface area contributed by atoms with Crippen molar-refractivity contribution in [2.24, 2.45) is 17.8 Å². The third kappa shape index (κ3) is 3.58. The van der Waals surface area contributed by atoms with Crippen molar-refractivity contribution in [1.82, 2.24) is 0 Å². The molecule has 4 aliphatic rings. The van der Waals surface area contributed by atoms with Crippen molar-refractivity contribution in [3.8, 4) is 5.75 Å². The summed E-state index contributed by atoms with van der Waals surface area (Å²) >= 11 is 3.22. The van der Waals surface area contributed by atoms with Crippen LogP contribution in [0.4, 0.5) is 5.69 Å². The van der Waals surface area contributed by atoms with Gasteiger partial charge in [-0.15, -0.1) is 0 Å². The van der Waals surface area contributed by atoms with Crippen LogP contribution in [0.3, 0.4) is 0 Å². The summed E-state index contributed by atoms with van der Waals surface area (Å²) < 4.78 is 0.173. The zero-order valence-corrected chi connectivity index (χ0v) is 21.9. The van der Waals surface area contributed by atoms with Crippen molar-refractivity contribution < 1.29 is 29.1 Å². The fourth-order valence-corrected chi connectivity index (χ4v) is 6.80. The molecule has 4 atom stereocenters. The first-order valence-electron chi connectivity index (χ1n) is 12.3. The summed E-state index contributed by atoms with van der Waals surface area (Å²) in [6, 6.07) is 12.9. The Morgan fingerprint density at radius 1 is 0.947 bits per heavy atom. The number of phenolic OH excluding ortho intramolecular Hbond substituents is 1. The predicted molar refractivity (Wildman–Crippen MR) is 142 cm³/mol. The number of allylic oxidation sites excluding steroid dienone is 6. The second-order valence-electron chi connectivity index (χ2n) is 10.1. The van der Waals surface area contributed by atoms with Gasteiger partial charge in [-0.25, -0.2) is 0 Å². The maximum atomic E-state index is 13.9. The van der Waals surface area contributed by atoms with E-state index in [0.717, 1.165) is 11.1 Å². The van der Waals surface area contributed by atoms with Crippen molar-refractivity contribution in [2.45, 2.75) is 25.7 Å². The largest absolute Gasteiger partial charge is 0.508 e. The van der Waals surface area contributed by atoms with Crippen LogP contribution >= 0.6 is 15.9 Å². The van der Waals surface area contributed by atoms with E-state index >= 15 is 0 Å². The lowest BCUT2D eigenvalue weighted by Gasteiger charge is -2.42. The highest BCUT2D eigenvalue weighted by molar-refractivity contribution is 9.12. The topological polar surface area (TPSA) is 109 Å². The first-order valence-corrected chi connectivity index (χ1v) is 13.1. The molecule has 8 heteroatoms. The van der Waals surface area contributed by atoms with E-state index < -0.39 is 23.7 Å². The Bertz CT molecular complexity index is 1550. The number of amides is 2. The molecule has 0 spiro atoms. The fourth-order valence-electron chi connectivity index (χ4n) is 6.35. The number of halogens is 1. The minimum absolute atomic E-state index is 0.0738. The van der Waals surface area contributed by atoms with Gasteiger partial charge in [-0.05, 0) is 83.6 Å². The van der Waals surface area contributed by atoms with Crippen molar-refractivity contribution in [1.29, 1.82) is 0 Å². The molecular formula is C30H22BrNO6. The number of ketones is 3. The molecule has 0 bridgehead atoms. The number of anilines is 1. The number of nitrogens with zero attached hydrogens (tertiary/aromatic N) is 1. The first-order chi connectivity index (χ1) is 18.2. The normalized spacial score (nSPS) is 26.5. The Morgan fingerprint density at radius 2 is 1.63 bits per heavy atom. The van der Waals surface area contributed by atoms with Crippen molar-refractivity contribution in [2.75, 3.05) is 4.90 Å². The SMILES string of the molecule is CC(=O)c1ccc(N2C(=O)[C@H]3[C@H](CC=C4[C@H](c5ccc(O)cc5)C5=C(C[C@H]43)C(=O)C(Br)=CC5=O)C2=O)cc1. The zero-order valence-electron chi connectivity index (χ0n) is 20.3. The van der Waals surface area contributed by atoms with E-state index in [-0.39, 0.29) is 45.8 Å². The maximum absolute atomic E-state index is 13.9. The third-order valence-electron chi connectivity index (χ3n) is 8.09. The minimum atomic E-state index is -0.684. The number of phenols is 1. The van der Waals surface area contributed by atoms with Gasteiger partial charge in [0.25, 0.3) is 0 Å². The van der Waals surface area contributed by atoms with Gasteiger partial charge in [0.05, 0.1) is 22.0 Å². The lowest BCUT2D eigenvalue weighted by molar-refractivity contribution is -0.123. The molecule has 0 aromatic heterocycles. The molecule has 2 aromatic rings. The van der Waals surface area contributed by atoms with Gasteiger partial charge in [-0.3, -0.25) is 28.9 Å². The Hall–Kier alpha value is -3.91. The molecule has 2 aromatic carbocycles. The second-order valence-corrected chi connectivity index (χ2v) is 11.0. The highest BCUT2D eigenvalue weighted by Crippen LogP contribution is 2.55. The van der Waals surface area contributed by atoms with E-state index in [1.807, 2.05) is 6.08 Å². The number of rotatable bonds is 3. The molecule has 1 N–H and O–H groups in total. The lowest BCUT2D eigenvalue weighted by Crippen LogP contribution is -2.39. The molecular weight excluding hydrogens is 550 g/mol. The van der Waals surface area contributed by atoms with Crippen molar-refractivity contribution >= 4 is 50.8 Å². The summed E-state index contributed by atoms with van der Waals surface area (Å²) in [5.41, 5.74) is 3.20. The molecule has 190 valence electrons. The number of imide groups is 1. The van der Waals surface area contributed by atoms with Crippen molar-refractivity contribution in [3.05, 3.63) is 93.0 Å². The molecule has 0 saturated carbocycles. The second kappa shape index (κ2) is 8.84. The third-order valence-corrected chi connectivity index (χ3v) is 8.68. The Labute approximate surface area is 226 Å². The molecule has 1 saturated heterocycles. The van der Waals surface area contributed by atoms with Crippen LogP contribution in [0.15, 0.2) is 81.9 Å². The van der Waals surface area contributed by atoms with Crippen LogP contribution in [0.5, 0.6) is 5.75 Å². The number of carbonyl (C=O) groups is 5. The number of fused-ring (bicyclic) bond motifs is 3. The van der Waals surface area contributed by atoms with E-state index in [2.05, 4.69) is 15.9 Å². The van der Waals surface area contributed by atoms with E-state index in [0.29, 0.717) is 28.8 Å². The average molecular weight is 572 g/mol. The monoisotopic (exact) mass is 571 g/mol. The smallest absolute Gasteiger partial charge is 0.238 e. The summed E-state index contributed by atoms with van der Waals surface area (Å²) in [6.07, 6.45) is 3.76. The minimum Gasteiger partial charge on any atom is -0.508 e. The molecule has 1 aliphatic heterocycles. The maximum Gasteiger partial charge on any atom is 0.238 e. The van der Waals surface area contributed by atoms with Crippen LogP contribution in [0.25, 0.3) is 0 Å². The van der Waals surface area contributed by atoms with Gasteiger partial charge >= 0.3 is 0 Å². The van der Waals surface area contributed by atoms with E-state index in [1.54, 1.807) is 36.4 Å². The Kier molecular flexibility index (Phi) is 5.68. The Balaban J connectivity index is 1.45. The molecule has 2 amide bonds. The quantitative estimate of drug-likeness (QED) is 0.250. The number of aromatic hydroxyl groups is 1. The summed E-state index contributed by atoms with van der Waals surface area (Å²) in [4.78, 5) is 66.7. The van der Waals surface area contributed by atoms with Crippen LogP contribution in [0.1, 0.15) is 41.6 Å². The standard InChI is InChI=1S/C30H22BrNO6/c1-14(33)15-2-6-17(7-3-15)32-29(37)20-11-10-19-21(26(20)30(32)38)12-22-27(24(35)13-23(31)28(22)36)25(19)16-4-8-18(34)9-5-16/h2-10,13,20-21,25-26,34H,11-12H2,1H3/t20-,21+,25-,26-/m0/s1. The molecule has 1 fully saturated rings. The van der Waals surface area contributed by atoms with E-state index in [1.165, 1.54) is 30.0 Å². The molecule has 3 aliphatic carbocycles. The molecule has 38 heavy (non-hydrogen) atoms. The van der Waals surface area contributed by atoms with E-state index in [4.69, 9.17) is 0 Å². The van der Waals surface area contributed by atoms with Gasteiger partial charge in [0.1, 0.15) is 5.75 Å². The highest BCUT2D eigenvalue weighted by Gasteiger charge is 2.56. The van der Waals surface area contributed by atoms with Gasteiger partial charge in [0.15, 0.2) is 17.3 Å². The average Bonchev–Trinajstić information content (AvgIpc) is 3.16. The molecule has 1 heterocycles. The summed E-state index contributed by atoms with van der Waals surface area (Å²) in [6.45, 7) is 1.45. The molecule has 7 nitrogen and oxygen atoms in total. The molecule has 6 rings (SSSR count). The summed E-state index contributed by atoms with van der Waals surface area (Å²) in [5.74, 6) is -3.53. The van der Waals surface area contributed by atoms with E-state index in [9.17, 15) is 29.1 Å². The number of Topliss-reactive ketones (excluding diaryl/α,β-unsaturated/α-hetero) is 2. The number of hydrogen-bond acceptors (Lipinski definition) is 6. The number of hydrogen-bond donors (Lipinski definition) is 1. The summed E-state index contributed by atoms with van der Waals surface area (Å²) in [5, 5.41) is 9.85. The predicted octanol–water partition coefficient (Wildman–Crippen LogP) is 4.56. The van der Waals surface area contributed by atoms with Crippen LogP contribution in [0, 0.1) is 17.8 Å². The zero-order chi connectivity index (χ0) is 26.9.